The normalized spacial score (nSPS) is 10.3. The number of aromatic nitrogens is 2. The highest BCUT2D eigenvalue weighted by molar-refractivity contribution is 6.32. The Morgan fingerprint density at radius 1 is 1.56 bits per heavy atom. The third-order valence-electron chi connectivity index (χ3n) is 2.16. The number of anilines is 1. The van der Waals surface area contributed by atoms with Gasteiger partial charge in [0.25, 0.3) is 5.69 Å². The molecule has 0 amide bonds. The number of rotatable bonds is 4. The average Bonchev–Trinajstić information content (AvgIpc) is 2.74. The molecule has 0 radical (unpaired) electrons. The molecule has 0 bridgehead atoms. The second kappa shape index (κ2) is 5.01. The van der Waals surface area contributed by atoms with Crippen LogP contribution in [0.1, 0.15) is 11.7 Å². The zero-order valence-electron chi connectivity index (χ0n) is 9.38. The van der Waals surface area contributed by atoms with E-state index in [1.165, 1.54) is 12.1 Å². The van der Waals surface area contributed by atoms with E-state index in [9.17, 15) is 10.1 Å². The van der Waals surface area contributed by atoms with Crippen molar-refractivity contribution in [1.29, 1.82) is 0 Å². The van der Waals surface area contributed by atoms with Gasteiger partial charge in [0.2, 0.25) is 5.89 Å². The first-order valence-corrected chi connectivity index (χ1v) is 5.41. The van der Waals surface area contributed by atoms with Crippen molar-refractivity contribution >= 4 is 23.0 Å². The third kappa shape index (κ3) is 2.75. The summed E-state index contributed by atoms with van der Waals surface area (Å²) < 4.78 is 4.90. The molecule has 0 atom stereocenters. The summed E-state index contributed by atoms with van der Waals surface area (Å²) >= 11 is 5.70. The third-order valence-corrected chi connectivity index (χ3v) is 2.48. The molecule has 8 heteroatoms. The highest BCUT2D eigenvalue weighted by Crippen LogP contribution is 2.27. The smallest absolute Gasteiger partial charge is 0.289 e. The molecule has 1 N–H and O–H groups in total. The molecule has 2 aromatic rings. The van der Waals surface area contributed by atoms with Gasteiger partial charge in [-0.05, 0) is 19.1 Å². The molecule has 94 valence electrons. The minimum absolute atomic E-state index is 0.0965. The largest absolute Gasteiger partial charge is 0.376 e. The molecule has 0 spiro atoms. The molecular weight excluding hydrogens is 260 g/mol. The molecule has 0 aliphatic carbocycles. The number of nitrogens with zero attached hydrogens (tertiary/aromatic N) is 3. The lowest BCUT2D eigenvalue weighted by Crippen LogP contribution is -2.00. The molecule has 1 aromatic carbocycles. The van der Waals surface area contributed by atoms with E-state index >= 15 is 0 Å². The zero-order valence-corrected chi connectivity index (χ0v) is 10.1. The average molecular weight is 269 g/mol. The molecular formula is C10H9ClN4O3. The summed E-state index contributed by atoms with van der Waals surface area (Å²) in [5.41, 5.74) is 0.408. The number of nitro benzene ring substituents is 1. The van der Waals surface area contributed by atoms with E-state index in [-0.39, 0.29) is 10.7 Å². The van der Waals surface area contributed by atoms with Crippen LogP contribution in [-0.2, 0) is 6.54 Å². The molecule has 1 aromatic heterocycles. The van der Waals surface area contributed by atoms with Crippen LogP contribution in [-0.4, -0.2) is 15.1 Å². The summed E-state index contributed by atoms with van der Waals surface area (Å²) in [7, 11) is 0. The minimum atomic E-state index is -0.537. The Morgan fingerprint density at radius 3 is 2.94 bits per heavy atom. The van der Waals surface area contributed by atoms with Gasteiger partial charge < -0.3 is 9.84 Å². The molecule has 0 aliphatic rings. The van der Waals surface area contributed by atoms with Crippen molar-refractivity contribution in [3.8, 4) is 0 Å². The molecule has 0 unspecified atom stereocenters. The topological polar surface area (TPSA) is 94.1 Å². The van der Waals surface area contributed by atoms with E-state index < -0.39 is 4.92 Å². The van der Waals surface area contributed by atoms with Crippen LogP contribution < -0.4 is 5.32 Å². The monoisotopic (exact) mass is 268 g/mol. The van der Waals surface area contributed by atoms with Crippen LogP contribution in [0.5, 0.6) is 0 Å². The summed E-state index contributed by atoms with van der Waals surface area (Å²) in [6.45, 7) is 2.00. The number of nitro groups is 1. The van der Waals surface area contributed by atoms with Crippen molar-refractivity contribution < 1.29 is 9.45 Å². The van der Waals surface area contributed by atoms with Crippen LogP contribution >= 0.6 is 11.6 Å². The number of aryl methyl sites for hydroxylation is 1. The lowest BCUT2D eigenvalue weighted by atomic mass is 10.3. The maximum Gasteiger partial charge on any atom is 0.289 e. The Balaban J connectivity index is 2.10. The van der Waals surface area contributed by atoms with Crippen molar-refractivity contribution in [2.75, 3.05) is 5.32 Å². The number of hydrogen-bond acceptors (Lipinski definition) is 6. The van der Waals surface area contributed by atoms with Crippen LogP contribution in [0.2, 0.25) is 5.02 Å². The molecule has 18 heavy (non-hydrogen) atoms. The Hall–Kier alpha value is -2.15. The van der Waals surface area contributed by atoms with Gasteiger partial charge in [-0.1, -0.05) is 16.8 Å². The van der Waals surface area contributed by atoms with Gasteiger partial charge in [0.05, 0.1) is 11.5 Å². The van der Waals surface area contributed by atoms with Crippen LogP contribution in [0, 0.1) is 17.0 Å². The quantitative estimate of drug-likeness (QED) is 0.676. The predicted molar refractivity (Wildman–Crippen MR) is 64.5 cm³/mol. The Morgan fingerprint density at radius 2 is 2.33 bits per heavy atom. The molecule has 7 nitrogen and oxygen atoms in total. The van der Waals surface area contributed by atoms with Gasteiger partial charge >= 0.3 is 0 Å². The number of nitrogens with one attached hydrogen (secondary N) is 1. The fraction of sp³-hybridized carbons (Fsp3) is 0.200. The van der Waals surface area contributed by atoms with E-state index in [0.29, 0.717) is 23.9 Å². The summed E-state index contributed by atoms with van der Waals surface area (Å²) in [5.74, 6) is 0.944. The molecule has 0 aliphatic heterocycles. The van der Waals surface area contributed by atoms with Crippen molar-refractivity contribution in [2.45, 2.75) is 13.5 Å². The van der Waals surface area contributed by atoms with Crippen LogP contribution in [0.15, 0.2) is 22.7 Å². The first-order valence-electron chi connectivity index (χ1n) is 5.03. The van der Waals surface area contributed by atoms with Crippen molar-refractivity contribution in [1.82, 2.24) is 10.1 Å². The second-order valence-corrected chi connectivity index (χ2v) is 3.92. The highest BCUT2D eigenvalue weighted by Gasteiger charge is 2.13. The van der Waals surface area contributed by atoms with Crippen LogP contribution in [0.3, 0.4) is 0 Å². The Kier molecular flexibility index (Phi) is 3.42. The molecule has 1 heterocycles. The molecule has 2 rings (SSSR count). The molecule has 0 saturated carbocycles. The summed E-state index contributed by atoms with van der Waals surface area (Å²) in [6, 6.07) is 4.45. The van der Waals surface area contributed by atoms with Gasteiger partial charge in [0, 0.05) is 11.8 Å². The van der Waals surface area contributed by atoms with Gasteiger partial charge in [-0.15, -0.1) is 0 Å². The van der Waals surface area contributed by atoms with E-state index in [4.69, 9.17) is 16.1 Å². The summed E-state index contributed by atoms with van der Waals surface area (Å²) in [6.07, 6.45) is 0. The maximum absolute atomic E-state index is 10.7. The fourth-order valence-corrected chi connectivity index (χ4v) is 1.54. The number of benzene rings is 1. The maximum atomic E-state index is 10.7. The SMILES string of the molecule is Cc1noc(CNc2ccc(Cl)c([N+](=O)[O-])c2)n1. The van der Waals surface area contributed by atoms with Crippen LogP contribution in [0.25, 0.3) is 0 Å². The second-order valence-electron chi connectivity index (χ2n) is 3.51. The summed E-state index contributed by atoms with van der Waals surface area (Å²) in [5, 5.41) is 17.4. The first-order chi connectivity index (χ1) is 8.56. The van der Waals surface area contributed by atoms with Gasteiger partial charge in [-0.3, -0.25) is 10.1 Å². The van der Waals surface area contributed by atoms with Crippen molar-refractivity contribution in [3.05, 3.63) is 45.1 Å². The molecule has 0 fully saturated rings. The lowest BCUT2D eigenvalue weighted by Gasteiger charge is -2.03. The van der Waals surface area contributed by atoms with E-state index in [2.05, 4.69) is 15.5 Å². The minimum Gasteiger partial charge on any atom is -0.376 e. The van der Waals surface area contributed by atoms with Gasteiger partial charge in [-0.2, -0.15) is 4.98 Å². The number of hydrogen-bond donors (Lipinski definition) is 1. The Labute approximate surface area is 107 Å². The zero-order chi connectivity index (χ0) is 13.1. The summed E-state index contributed by atoms with van der Waals surface area (Å²) in [4.78, 5) is 14.2. The fourth-order valence-electron chi connectivity index (χ4n) is 1.35. The molecule has 0 saturated heterocycles. The first kappa shape index (κ1) is 12.3. The van der Waals surface area contributed by atoms with Gasteiger partial charge in [-0.25, -0.2) is 0 Å². The van der Waals surface area contributed by atoms with Gasteiger partial charge in [0.1, 0.15) is 5.02 Å². The van der Waals surface area contributed by atoms with Gasteiger partial charge in [0.15, 0.2) is 5.82 Å². The van der Waals surface area contributed by atoms with E-state index in [1.807, 2.05) is 0 Å². The van der Waals surface area contributed by atoms with Crippen molar-refractivity contribution in [2.24, 2.45) is 0 Å². The van der Waals surface area contributed by atoms with Crippen LogP contribution in [0.4, 0.5) is 11.4 Å². The standard InChI is InChI=1S/C10H9ClN4O3/c1-6-13-10(18-14-6)5-12-7-2-3-8(11)9(4-7)15(16)17/h2-4,12H,5H2,1H3. The number of halogens is 1. The lowest BCUT2D eigenvalue weighted by molar-refractivity contribution is -0.384. The Bertz CT molecular complexity index is 584. The highest BCUT2D eigenvalue weighted by atomic mass is 35.5. The van der Waals surface area contributed by atoms with E-state index in [0.717, 1.165) is 0 Å². The van der Waals surface area contributed by atoms with Crippen molar-refractivity contribution in [3.63, 3.8) is 0 Å². The van der Waals surface area contributed by atoms with E-state index in [1.54, 1.807) is 13.0 Å². The predicted octanol–water partition coefficient (Wildman–Crippen LogP) is 2.55.